The molecule has 5 nitrogen and oxygen atoms in total. The molecule has 0 heterocycles. The summed E-state index contributed by atoms with van der Waals surface area (Å²) in [5, 5.41) is 9.60. The van der Waals surface area contributed by atoms with Gasteiger partial charge in [-0.25, -0.2) is 0 Å². The smallest absolute Gasteiger partial charge is 0.306 e. The Balaban J connectivity index is 3.43. The molecule has 0 bridgehead atoms. The molecule has 0 rings (SSSR count). The Morgan fingerprint density at radius 3 is 0.846 bits per heavy atom. The first kappa shape index (κ1) is 50.9. The molecule has 0 spiro atoms. The zero-order valence-corrected chi connectivity index (χ0v) is 35.4. The number of rotatable bonds is 44. The number of esters is 2. The van der Waals surface area contributed by atoms with Crippen LogP contribution in [0.25, 0.3) is 0 Å². The van der Waals surface area contributed by atoms with E-state index < -0.39 is 6.10 Å². The third-order valence-corrected chi connectivity index (χ3v) is 10.9. The van der Waals surface area contributed by atoms with Crippen LogP contribution in [0.2, 0.25) is 0 Å². The van der Waals surface area contributed by atoms with Gasteiger partial charge in [-0.3, -0.25) is 9.59 Å². The maximum atomic E-state index is 12.2. The number of ether oxygens (including phenoxy) is 2. The molecule has 1 N–H and O–H groups in total. The predicted octanol–water partition coefficient (Wildman–Crippen LogP) is 15.1. The molecule has 0 aliphatic heterocycles. The van der Waals surface area contributed by atoms with Crippen molar-refractivity contribution in [2.45, 2.75) is 277 Å². The first-order valence-corrected chi connectivity index (χ1v) is 23.6. The molecule has 0 aliphatic carbocycles. The summed E-state index contributed by atoms with van der Waals surface area (Å²) in [6, 6.07) is 0. The van der Waals surface area contributed by atoms with Crippen LogP contribution < -0.4 is 0 Å². The molecule has 1 unspecified atom stereocenters. The van der Waals surface area contributed by atoms with Gasteiger partial charge in [-0.1, -0.05) is 245 Å². The lowest BCUT2D eigenvalue weighted by Crippen LogP contribution is -2.28. The second kappa shape index (κ2) is 44.3. The molecule has 52 heavy (non-hydrogen) atoms. The second-order valence-corrected chi connectivity index (χ2v) is 16.2. The Kier molecular flexibility index (Phi) is 43.4. The lowest BCUT2D eigenvalue weighted by Gasteiger charge is -2.15. The van der Waals surface area contributed by atoms with Crippen molar-refractivity contribution < 1.29 is 24.2 Å². The zero-order chi connectivity index (χ0) is 37.8. The van der Waals surface area contributed by atoms with Crippen LogP contribution in [0, 0.1) is 0 Å². The molecule has 0 amide bonds. The third kappa shape index (κ3) is 41.7. The summed E-state index contributed by atoms with van der Waals surface area (Å²) in [6.45, 7) is 4.19. The van der Waals surface area contributed by atoms with Crippen LogP contribution in [-0.4, -0.2) is 36.4 Å². The van der Waals surface area contributed by atoms with Gasteiger partial charge in [0.2, 0.25) is 0 Å². The van der Waals surface area contributed by atoms with E-state index in [-0.39, 0.29) is 25.2 Å². The number of hydrogen-bond acceptors (Lipinski definition) is 5. The standard InChI is InChI=1S/C47H92O5/c1-3-5-7-9-11-13-15-17-19-21-22-23-24-25-26-28-30-32-34-36-38-40-42-47(50)52-45(43-48)44-51-46(49)41-39-37-35-33-31-29-27-20-18-16-14-12-10-8-6-4-2/h45,48H,3-44H2,1-2H3. The van der Waals surface area contributed by atoms with Crippen molar-refractivity contribution >= 4 is 11.9 Å². The van der Waals surface area contributed by atoms with E-state index in [1.54, 1.807) is 0 Å². The minimum absolute atomic E-state index is 0.0563. The summed E-state index contributed by atoms with van der Waals surface area (Å²) in [5.41, 5.74) is 0. The lowest BCUT2D eigenvalue weighted by molar-refractivity contribution is -0.161. The molecule has 0 aliphatic rings. The van der Waals surface area contributed by atoms with Crippen molar-refractivity contribution in [3.8, 4) is 0 Å². The molecule has 0 saturated carbocycles. The molecule has 1 atom stereocenters. The molecule has 310 valence electrons. The predicted molar refractivity (Wildman–Crippen MR) is 224 cm³/mol. The fraction of sp³-hybridized carbons (Fsp3) is 0.957. The number of hydrogen-bond donors (Lipinski definition) is 1. The van der Waals surface area contributed by atoms with E-state index in [0.717, 1.165) is 32.1 Å². The SMILES string of the molecule is CCCCCCCCCCCCCCCCCCCCCCCCC(=O)OC(CO)COC(=O)CCCCCCCCCCCCCCCCCC. The molecule has 0 aromatic rings. The molecule has 0 aromatic heterocycles. The van der Waals surface area contributed by atoms with Crippen LogP contribution in [0.1, 0.15) is 271 Å². The highest BCUT2D eigenvalue weighted by Crippen LogP contribution is 2.17. The first-order chi connectivity index (χ1) is 25.6. The van der Waals surface area contributed by atoms with Gasteiger partial charge in [0.25, 0.3) is 0 Å². The summed E-state index contributed by atoms with van der Waals surface area (Å²) in [7, 11) is 0. The Labute approximate surface area is 325 Å². The van der Waals surface area contributed by atoms with Gasteiger partial charge >= 0.3 is 11.9 Å². The maximum absolute atomic E-state index is 12.2. The quantitative estimate of drug-likeness (QED) is 0.0498. The molecule has 0 saturated heterocycles. The van der Waals surface area contributed by atoms with Crippen molar-refractivity contribution in [1.82, 2.24) is 0 Å². The van der Waals surface area contributed by atoms with E-state index >= 15 is 0 Å². The van der Waals surface area contributed by atoms with Crippen LogP contribution >= 0.6 is 0 Å². The number of aliphatic hydroxyl groups excluding tert-OH is 1. The first-order valence-electron chi connectivity index (χ1n) is 23.6. The van der Waals surface area contributed by atoms with E-state index in [9.17, 15) is 14.7 Å². The summed E-state index contributed by atoms with van der Waals surface area (Å²) in [4.78, 5) is 24.4. The fourth-order valence-corrected chi connectivity index (χ4v) is 7.32. The van der Waals surface area contributed by atoms with E-state index in [1.807, 2.05) is 0 Å². The van der Waals surface area contributed by atoms with Gasteiger partial charge in [-0.05, 0) is 12.8 Å². The van der Waals surface area contributed by atoms with Gasteiger partial charge < -0.3 is 14.6 Å². The van der Waals surface area contributed by atoms with E-state index in [2.05, 4.69) is 13.8 Å². The van der Waals surface area contributed by atoms with Gasteiger partial charge in [-0.2, -0.15) is 0 Å². The summed E-state index contributed by atoms with van der Waals surface area (Å²) >= 11 is 0. The largest absolute Gasteiger partial charge is 0.462 e. The van der Waals surface area contributed by atoms with E-state index in [1.165, 1.54) is 212 Å². The van der Waals surface area contributed by atoms with Gasteiger partial charge in [0, 0.05) is 12.8 Å². The van der Waals surface area contributed by atoms with Crippen molar-refractivity contribution in [3.05, 3.63) is 0 Å². The zero-order valence-electron chi connectivity index (χ0n) is 35.4. The maximum Gasteiger partial charge on any atom is 0.306 e. The van der Waals surface area contributed by atoms with E-state index in [4.69, 9.17) is 9.47 Å². The Hall–Kier alpha value is -1.10. The minimum Gasteiger partial charge on any atom is -0.462 e. The topological polar surface area (TPSA) is 72.8 Å². The highest BCUT2D eigenvalue weighted by molar-refractivity contribution is 5.70. The monoisotopic (exact) mass is 737 g/mol. The third-order valence-electron chi connectivity index (χ3n) is 10.9. The summed E-state index contributed by atoms with van der Waals surface area (Å²) < 4.78 is 10.7. The van der Waals surface area contributed by atoms with Crippen LogP contribution in [0.4, 0.5) is 0 Å². The number of aliphatic hydroxyl groups is 1. The van der Waals surface area contributed by atoms with Crippen LogP contribution in [-0.2, 0) is 19.1 Å². The van der Waals surface area contributed by atoms with Crippen LogP contribution in [0.5, 0.6) is 0 Å². The van der Waals surface area contributed by atoms with Crippen molar-refractivity contribution in [2.24, 2.45) is 0 Å². The Morgan fingerprint density at radius 1 is 0.365 bits per heavy atom. The summed E-state index contributed by atoms with van der Waals surface area (Å²) in [5.74, 6) is -0.569. The lowest BCUT2D eigenvalue weighted by atomic mass is 10.0. The molecular weight excluding hydrogens is 645 g/mol. The normalized spacial score (nSPS) is 12.0. The second-order valence-electron chi connectivity index (χ2n) is 16.2. The molecule has 5 heteroatoms. The molecule has 0 radical (unpaired) electrons. The average molecular weight is 737 g/mol. The summed E-state index contributed by atoms with van der Waals surface area (Å²) in [6.07, 6.45) is 50.4. The van der Waals surface area contributed by atoms with Gasteiger partial charge in [0.1, 0.15) is 6.61 Å². The Morgan fingerprint density at radius 2 is 0.596 bits per heavy atom. The van der Waals surface area contributed by atoms with Crippen molar-refractivity contribution in [1.29, 1.82) is 0 Å². The highest BCUT2D eigenvalue weighted by atomic mass is 16.6. The number of unbranched alkanes of at least 4 members (excludes halogenated alkanes) is 36. The molecular formula is C47H92O5. The Bertz CT molecular complexity index is 710. The molecule has 0 fully saturated rings. The fourth-order valence-electron chi connectivity index (χ4n) is 7.32. The highest BCUT2D eigenvalue weighted by Gasteiger charge is 2.16. The number of carbonyl (C=O) groups excluding carboxylic acids is 2. The van der Waals surface area contributed by atoms with Gasteiger partial charge in [-0.15, -0.1) is 0 Å². The minimum atomic E-state index is -0.762. The van der Waals surface area contributed by atoms with Gasteiger partial charge in [0.15, 0.2) is 6.10 Å². The van der Waals surface area contributed by atoms with Crippen LogP contribution in [0.15, 0.2) is 0 Å². The van der Waals surface area contributed by atoms with Gasteiger partial charge in [0.05, 0.1) is 6.61 Å². The number of carbonyl (C=O) groups is 2. The van der Waals surface area contributed by atoms with Crippen LogP contribution in [0.3, 0.4) is 0 Å². The van der Waals surface area contributed by atoms with E-state index in [0.29, 0.717) is 12.8 Å². The van der Waals surface area contributed by atoms with Crippen molar-refractivity contribution in [2.75, 3.05) is 13.2 Å². The molecule has 0 aromatic carbocycles. The van der Waals surface area contributed by atoms with Crippen molar-refractivity contribution in [3.63, 3.8) is 0 Å². The average Bonchev–Trinajstić information content (AvgIpc) is 3.15.